The van der Waals surface area contributed by atoms with Crippen LogP contribution in [0.3, 0.4) is 0 Å². The lowest BCUT2D eigenvalue weighted by molar-refractivity contribution is 0.254. The number of likely N-dealkylation sites (tertiary alicyclic amines) is 1. The highest BCUT2D eigenvalue weighted by Crippen LogP contribution is 2.47. The first-order chi connectivity index (χ1) is 13.4. The van der Waals surface area contributed by atoms with Crippen molar-refractivity contribution in [2.24, 2.45) is 11.8 Å². The first-order valence-corrected chi connectivity index (χ1v) is 11.1. The van der Waals surface area contributed by atoms with Gasteiger partial charge in [-0.15, -0.1) is 0 Å². The third-order valence-electron chi connectivity index (χ3n) is 6.12. The molecule has 0 radical (unpaired) electrons. The van der Waals surface area contributed by atoms with E-state index in [9.17, 15) is 8.42 Å². The van der Waals surface area contributed by atoms with Gasteiger partial charge < -0.3 is 0 Å². The Morgan fingerprint density at radius 2 is 1.79 bits per heavy atom. The lowest BCUT2D eigenvalue weighted by atomic mass is 9.88. The van der Waals surface area contributed by atoms with Gasteiger partial charge in [-0.1, -0.05) is 24.3 Å². The number of hydrogen-bond acceptors (Lipinski definition) is 4. The molecule has 0 aliphatic carbocycles. The number of rotatable bonds is 5. The Balaban J connectivity index is 1.64. The van der Waals surface area contributed by atoms with Gasteiger partial charge in [-0.05, 0) is 47.6 Å². The molecule has 150 valence electrons. The molecule has 2 fully saturated rings. The fraction of sp³-hybridized carbons (Fsp3) is 0.476. The molecule has 0 spiro atoms. The summed E-state index contributed by atoms with van der Waals surface area (Å²) in [5, 5.41) is 0. The van der Waals surface area contributed by atoms with Crippen molar-refractivity contribution in [2.45, 2.75) is 19.5 Å². The minimum absolute atomic E-state index is 0.110. The first kappa shape index (κ1) is 19.5. The highest BCUT2D eigenvalue weighted by atomic mass is 32.2. The molecule has 2 aliphatic rings. The predicted molar refractivity (Wildman–Crippen MR) is 110 cm³/mol. The summed E-state index contributed by atoms with van der Waals surface area (Å²) in [6, 6.07) is 12.2. The maximum absolute atomic E-state index is 13.1. The van der Waals surface area contributed by atoms with Gasteiger partial charge in [0.15, 0.2) is 0 Å². The van der Waals surface area contributed by atoms with E-state index in [0.29, 0.717) is 18.4 Å². The molecule has 3 atom stereocenters. The second-order valence-corrected chi connectivity index (χ2v) is 10.2. The number of hydrogen-bond donors (Lipinski definition) is 0. The number of fused-ring (bicyclic) bond motifs is 1. The van der Waals surface area contributed by atoms with Crippen molar-refractivity contribution in [1.29, 1.82) is 0 Å². The molecule has 2 aromatic rings. The van der Waals surface area contributed by atoms with E-state index in [1.807, 2.05) is 24.5 Å². The average molecular weight is 401 g/mol. The second-order valence-electron chi connectivity index (χ2n) is 8.13. The Labute approximate surface area is 168 Å². The number of aromatic nitrogens is 1. The van der Waals surface area contributed by atoms with Crippen LogP contribution in [0, 0.1) is 18.8 Å². The fourth-order valence-electron chi connectivity index (χ4n) is 4.73. The maximum atomic E-state index is 13.1. The molecule has 3 heterocycles. The third-order valence-corrected chi connectivity index (χ3v) is 8.01. The van der Waals surface area contributed by atoms with Gasteiger partial charge in [0.25, 0.3) is 10.2 Å². The highest BCUT2D eigenvalue weighted by Gasteiger charge is 2.52. The molecule has 1 aromatic carbocycles. The molecule has 0 unspecified atom stereocenters. The van der Waals surface area contributed by atoms with Gasteiger partial charge in [0.2, 0.25) is 0 Å². The fourth-order valence-corrected chi connectivity index (χ4v) is 6.08. The van der Waals surface area contributed by atoms with E-state index in [4.69, 9.17) is 0 Å². The molecule has 0 amide bonds. The Bertz CT molecular complexity index is 932. The van der Waals surface area contributed by atoms with Gasteiger partial charge in [0.1, 0.15) is 0 Å². The zero-order chi connectivity index (χ0) is 19.9. The summed E-state index contributed by atoms with van der Waals surface area (Å²) in [5.41, 5.74) is 3.53. The van der Waals surface area contributed by atoms with Crippen LogP contribution in [-0.4, -0.2) is 60.6 Å². The second kappa shape index (κ2) is 7.55. The smallest absolute Gasteiger partial charge is 0.282 e. The number of aryl methyl sites for hydroxylation is 1. The van der Waals surface area contributed by atoms with Crippen LogP contribution in [-0.2, 0) is 16.8 Å². The average Bonchev–Trinajstić information content (AvgIpc) is 3.20. The van der Waals surface area contributed by atoms with Gasteiger partial charge in [0, 0.05) is 52.7 Å². The number of pyridine rings is 1. The summed E-state index contributed by atoms with van der Waals surface area (Å²) in [4.78, 5) is 6.55. The monoisotopic (exact) mass is 400 g/mol. The minimum atomic E-state index is -3.47. The summed E-state index contributed by atoms with van der Waals surface area (Å²) >= 11 is 0. The van der Waals surface area contributed by atoms with Crippen molar-refractivity contribution in [3.8, 4) is 0 Å². The summed E-state index contributed by atoms with van der Waals surface area (Å²) in [7, 11) is -0.231. The SMILES string of the molecule is Cc1ccccc1[C@@H]1[C@H]2CN(Cc3ccncc3)C[C@H]2CN1S(=O)(=O)N(C)C. The van der Waals surface area contributed by atoms with E-state index in [1.54, 1.807) is 18.4 Å². The largest absolute Gasteiger partial charge is 0.298 e. The van der Waals surface area contributed by atoms with Crippen LogP contribution in [0.5, 0.6) is 0 Å². The van der Waals surface area contributed by atoms with Gasteiger partial charge in [-0.25, -0.2) is 0 Å². The Kier molecular flexibility index (Phi) is 5.26. The maximum Gasteiger partial charge on any atom is 0.282 e. The quantitative estimate of drug-likeness (QED) is 0.773. The topological polar surface area (TPSA) is 56.8 Å². The minimum Gasteiger partial charge on any atom is -0.298 e. The van der Waals surface area contributed by atoms with Crippen LogP contribution in [0.2, 0.25) is 0 Å². The van der Waals surface area contributed by atoms with E-state index in [1.165, 1.54) is 9.87 Å². The molecular formula is C21H28N4O2S. The Morgan fingerprint density at radius 1 is 1.07 bits per heavy atom. The normalized spacial score (nSPS) is 26.1. The number of nitrogens with zero attached hydrogens (tertiary/aromatic N) is 4. The highest BCUT2D eigenvalue weighted by molar-refractivity contribution is 7.86. The van der Waals surface area contributed by atoms with Gasteiger partial charge in [-0.2, -0.15) is 17.0 Å². The van der Waals surface area contributed by atoms with E-state index in [0.717, 1.165) is 30.8 Å². The lowest BCUT2D eigenvalue weighted by Gasteiger charge is -2.31. The molecular weight excluding hydrogens is 372 g/mol. The van der Waals surface area contributed by atoms with Crippen LogP contribution >= 0.6 is 0 Å². The van der Waals surface area contributed by atoms with Gasteiger partial charge in [0.05, 0.1) is 6.04 Å². The summed E-state index contributed by atoms with van der Waals surface area (Å²) in [6.07, 6.45) is 3.65. The summed E-state index contributed by atoms with van der Waals surface area (Å²) in [5.74, 6) is 0.652. The molecule has 28 heavy (non-hydrogen) atoms. The van der Waals surface area contributed by atoms with Crippen molar-refractivity contribution in [2.75, 3.05) is 33.7 Å². The van der Waals surface area contributed by atoms with Crippen LogP contribution < -0.4 is 0 Å². The van der Waals surface area contributed by atoms with Crippen LogP contribution in [0.1, 0.15) is 22.7 Å². The van der Waals surface area contributed by atoms with Crippen LogP contribution in [0.15, 0.2) is 48.8 Å². The van der Waals surface area contributed by atoms with Crippen molar-refractivity contribution < 1.29 is 8.42 Å². The van der Waals surface area contributed by atoms with Crippen molar-refractivity contribution in [1.82, 2.24) is 18.5 Å². The first-order valence-electron chi connectivity index (χ1n) is 9.74. The van der Waals surface area contributed by atoms with E-state index in [2.05, 4.69) is 41.1 Å². The molecule has 0 bridgehead atoms. The molecule has 1 aromatic heterocycles. The van der Waals surface area contributed by atoms with E-state index >= 15 is 0 Å². The Morgan fingerprint density at radius 3 is 2.46 bits per heavy atom. The van der Waals surface area contributed by atoms with Crippen molar-refractivity contribution in [3.05, 3.63) is 65.5 Å². The molecule has 0 saturated carbocycles. The molecule has 6 nitrogen and oxygen atoms in total. The van der Waals surface area contributed by atoms with E-state index < -0.39 is 10.2 Å². The molecule has 0 N–H and O–H groups in total. The molecule has 2 saturated heterocycles. The van der Waals surface area contributed by atoms with Crippen molar-refractivity contribution in [3.63, 3.8) is 0 Å². The molecule has 2 aliphatic heterocycles. The third kappa shape index (κ3) is 3.48. The zero-order valence-electron chi connectivity index (χ0n) is 16.7. The van der Waals surface area contributed by atoms with Crippen LogP contribution in [0.4, 0.5) is 0 Å². The molecule has 7 heteroatoms. The van der Waals surface area contributed by atoms with Crippen molar-refractivity contribution >= 4 is 10.2 Å². The predicted octanol–water partition coefficient (Wildman–Crippen LogP) is 2.30. The van der Waals surface area contributed by atoms with Gasteiger partial charge >= 0.3 is 0 Å². The van der Waals surface area contributed by atoms with E-state index in [-0.39, 0.29) is 6.04 Å². The van der Waals surface area contributed by atoms with Gasteiger partial charge in [-0.3, -0.25) is 9.88 Å². The zero-order valence-corrected chi connectivity index (χ0v) is 17.5. The summed E-state index contributed by atoms with van der Waals surface area (Å²) < 4.78 is 29.2. The molecule has 4 rings (SSSR count). The number of benzene rings is 1. The lowest BCUT2D eigenvalue weighted by Crippen LogP contribution is -2.42. The Hall–Kier alpha value is -1.80. The summed E-state index contributed by atoms with van der Waals surface area (Å²) in [6.45, 7) is 5.38. The van der Waals surface area contributed by atoms with Crippen LogP contribution in [0.25, 0.3) is 0 Å². The standard InChI is InChI=1S/C21H28N4O2S/c1-16-6-4-5-7-19(16)21-20-15-24(12-17-8-10-22-11-9-17)13-18(20)14-25(21)28(26,27)23(2)3/h4-11,18,20-21H,12-15H2,1-3H3/t18-,20-,21+/m0/s1.